The Morgan fingerprint density at radius 3 is 2.37 bits per heavy atom. The molecule has 4 rings (SSSR count). The van der Waals surface area contributed by atoms with Crippen LogP contribution in [0.2, 0.25) is 0 Å². The monoisotopic (exact) mass is 369 g/mol. The molecular weight excluding hydrogens is 342 g/mol. The Balaban J connectivity index is 0.000000844. The van der Waals surface area contributed by atoms with E-state index in [1.807, 2.05) is 0 Å². The van der Waals surface area contributed by atoms with Gasteiger partial charge in [-0.1, -0.05) is 18.2 Å². The molecule has 0 saturated carbocycles. The molecule has 0 aliphatic heterocycles. The van der Waals surface area contributed by atoms with E-state index in [-0.39, 0.29) is 11.5 Å². The van der Waals surface area contributed by atoms with E-state index < -0.39 is 0 Å². The summed E-state index contributed by atoms with van der Waals surface area (Å²) in [7, 11) is 1.78. The molecule has 8 nitrogen and oxygen atoms in total. The zero-order valence-corrected chi connectivity index (χ0v) is 15.9. The minimum Gasteiger partial charge on any atom is -0.412 e. The third-order valence-corrected chi connectivity index (χ3v) is 4.89. The minimum absolute atomic E-state index is 0. The first-order valence-corrected chi connectivity index (χ1v) is 8.61. The van der Waals surface area contributed by atoms with E-state index >= 15 is 0 Å². The first kappa shape index (κ1) is 20.7. The van der Waals surface area contributed by atoms with Crippen molar-refractivity contribution in [1.29, 1.82) is 0 Å². The number of aryl methyl sites for hydroxylation is 3. The Morgan fingerprint density at radius 2 is 1.78 bits per heavy atom. The van der Waals surface area contributed by atoms with Crippen LogP contribution in [0.4, 0.5) is 0 Å². The van der Waals surface area contributed by atoms with Gasteiger partial charge in [-0.25, -0.2) is 0 Å². The molecule has 1 heterocycles. The van der Waals surface area contributed by atoms with Gasteiger partial charge in [-0.15, -0.1) is 10.2 Å². The maximum Gasteiger partial charge on any atom is 0.204 e. The summed E-state index contributed by atoms with van der Waals surface area (Å²) >= 11 is 0. The van der Waals surface area contributed by atoms with Crippen LogP contribution in [0, 0.1) is 13.8 Å². The molecule has 27 heavy (non-hydrogen) atoms. The second kappa shape index (κ2) is 8.36. The highest BCUT2D eigenvalue weighted by molar-refractivity contribution is 5.78. The van der Waals surface area contributed by atoms with Crippen LogP contribution in [0.3, 0.4) is 0 Å². The van der Waals surface area contributed by atoms with Crippen LogP contribution in [0.15, 0.2) is 30.3 Å². The molecule has 0 unspecified atom stereocenters. The maximum absolute atomic E-state index is 6.25. The standard InChI is InChI=1S/C19H21N5.H4N2.H2O/c1-11-9-13(19-21-23-24(3)22-19)10-12(2)18(11)16-6-4-5-15-14(16)7-8-17(15)20;1-2;/h4-6,9-10,17H,7-8,20H2,1-3H3;1-2H2;1H2/t17-;;/m1../s1. The second-order valence-electron chi connectivity index (χ2n) is 6.61. The van der Waals surface area contributed by atoms with Gasteiger partial charge in [0.15, 0.2) is 0 Å². The molecule has 1 atom stereocenters. The van der Waals surface area contributed by atoms with Crippen molar-refractivity contribution in [2.75, 3.05) is 0 Å². The largest absolute Gasteiger partial charge is 0.412 e. The van der Waals surface area contributed by atoms with Gasteiger partial charge in [0, 0.05) is 11.6 Å². The van der Waals surface area contributed by atoms with Gasteiger partial charge in [0.2, 0.25) is 5.82 Å². The van der Waals surface area contributed by atoms with E-state index in [2.05, 4.69) is 71.3 Å². The number of tetrazole rings is 1. The molecule has 0 spiro atoms. The van der Waals surface area contributed by atoms with Crippen molar-refractivity contribution in [2.45, 2.75) is 32.7 Å². The van der Waals surface area contributed by atoms with Gasteiger partial charge >= 0.3 is 0 Å². The van der Waals surface area contributed by atoms with Crippen LogP contribution in [-0.2, 0) is 13.5 Å². The highest BCUT2D eigenvalue weighted by Crippen LogP contribution is 2.39. The molecule has 1 aliphatic rings. The smallest absolute Gasteiger partial charge is 0.204 e. The molecule has 3 aromatic rings. The Kier molecular flexibility index (Phi) is 6.40. The van der Waals surface area contributed by atoms with Crippen molar-refractivity contribution in [2.24, 2.45) is 24.5 Å². The first-order chi connectivity index (χ1) is 12.5. The quantitative estimate of drug-likeness (QED) is 0.454. The van der Waals surface area contributed by atoms with Gasteiger partial charge in [0.25, 0.3) is 0 Å². The van der Waals surface area contributed by atoms with Crippen LogP contribution >= 0.6 is 0 Å². The number of nitrogens with zero attached hydrogens (tertiary/aromatic N) is 4. The molecule has 8 heteroatoms. The summed E-state index contributed by atoms with van der Waals surface area (Å²) in [5.41, 5.74) is 15.0. The predicted octanol–water partition coefficient (Wildman–Crippen LogP) is 1.10. The van der Waals surface area contributed by atoms with Crippen LogP contribution in [0.5, 0.6) is 0 Å². The Morgan fingerprint density at radius 1 is 1.11 bits per heavy atom. The fraction of sp³-hybridized carbons (Fsp3) is 0.316. The zero-order valence-electron chi connectivity index (χ0n) is 15.9. The van der Waals surface area contributed by atoms with E-state index in [1.165, 1.54) is 38.2 Å². The minimum atomic E-state index is 0. The third kappa shape index (κ3) is 3.74. The average Bonchev–Trinajstić information content (AvgIpc) is 3.23. The van der Waals surface area contributed by atoms with Crippen molar-refractivity contribution in [1.82, 2.24) is 20.2 Å². The molecule has 0 amide bonds. The highest BCUT2D eigenvalue weighted by atomic mass is 16.0. The number of benzene rings is 2. The Labute approximate surface area is 158 Å². The number of rotatable bonds is 2. The van der Waals surface area contributed by atoms with Crippen LogP contribution in [0.1, 0.15) is 34.7 Å². The predicted molar refractivity (Wildman–Crippen MR) is 106 cm³/mol. The molecule has 8 N–H and O–H groups in total. The Bertz CT molecular complexity index is 913. The number of aromatic nitrogens is 4. The second-order valence-corrected chi connectivity index (χ2v) is 6.61. The maximum atomic E-state index is 6.25. The summed E-state index contributed by atoms with van der Waals surface area (Å²) in [4.78, 5) is 1.49. The molecule has 144 valence electrons. The van der Waals surface area contributed by atoms with E-state index in [1.54, 1.807) is 7.05 Å². The van der Waals surface area contributed by atoms with Crippen molar-refractivity contribution in [3.05, 3.63) is 52.6 Å². The van der Waals surface area contributed by atoms with E-state index in [0.29, 0.717) is 5.82 Å². The van der Waals surface area contributed by atoms with Gasteiger partial charge in [-0.05, 0) is 77.4 Å². The molecule has 0 saturated heterocycles. The molecule has 1 aromatic heterocycles. The summed E-state index contributed by atoms with van der Waals surface area (Å²) in [5, 5.41) is 12.4. The van der Waals surface area contributed by atoms with Crippen molar-refractivity contribution in [3.63, 3.8) is 0 Å². The molecule has 0 radical (unpaired) electrons. The van der Waals surface area contributed by atoms with Crippen molar-refractivity contribution >= 4 is 0 Å². The lowest BCUT2D eigenvalue weighted by Gasteiger charge is -2.16. The molecular formula is C19H27N7O. The SMILES string of the molecule is Cc1cc(-c2nnn(C)n2)cc(C)c1-c1cccc2c1CC[C@H]2N.NN.O. The number of hydrogen-bond donors (Lipinski definition) is 3. The Hall–Kier alpha value is -2.65. The summed E-state index contributed by atoms with van der Waals surface area (Å²) in [6.07, 6.45) is 2.09. The lowest BCUT2D eigenvalue weighted by atomic mass is 9.89. The molecule has 0 bridgehead atoms. The number of nitrogens with two attached hydrogens (primary N) is 3. The van der Waals surface area contributed by atoms with Gasteiger partial charge in [0.1, 0.15) is 0 Å². The van der Waals surface area contributed by atoms with Gasteiger partial charge < -0.3 is 11.2 Å². The van der Waals surface area contributed by atoms with Crippen LogP contribution in [0.25, 0.3) is 22.5 Å². The van der Waals surface area contributed by atoms with Gasteiger partial charge in [0.05, 0.1) is 7.05 Å². The number of fused-ring (bicyclic) bond motifs is 1. The van der Waals surface area contributed by atoms with Crippen molar-refractivity contribution < 1.29 is 5.48 Å². The van der Waals surface area contributed by atoms with Crippen molar-refractivity contribution in [3.8, 4) is 22.5 Å². The lowest BCUT2D eigenvalue weighted by Crippen LogP contribution is -2.05. The van der Waals surface area contributed by atoms with Crippen LogP contribution < -0.4 is 17.4 Å². The van der Waals surface area contributed by atoms with Gasteiger partial charge in [-0.2, -0.15) is 4.80 Å². The van der Waals surface area contributed by atoms with Gasteiger partial charge in [-0.3, -0.25) is 11.7 Å². The number of hydrazine groups is 1. The van der Waals surface area contributed by atoms with E-state index in [4.69, 9.17) is 5.73 Å². The first-order valence-electron chi connectivity index (χ1n) is 8.61. The fourth-order valence-corrected chi connectivity index (χ4v) is 3.84. The topological polar surface area (TPSA) is 153 Å². The van der Waals surface area contributed by atoms with Crippen LogP contribution in [-0.4, -0.2) is 25.7 Å². The summed E-state index contributed by atoms with van der Waals surface area (Å²) in [5.74, 6) is 8.66. The fourth-order valence-electron chi connectivity index (χ4n) is 3.84. The zero-order chi connectivity index (χ0) is 18.8. The normalized spacial score (nSPS) is 14.8. The average molecular weight is 369 g/mol. The summed E-state index contributed by atoms with van der Waals surface area (Å²) < 4.78 is 0. The summed E-state index contributed by atoms with van der Waals surface area (Å²) in [6.45, 7) is 4.30. The lowest BCUT2D eigenvalue weighted by molar-refractivity contribution is 0.630. The van der Waals surface area contributed by atoms with E-state index in [9.17, 15) is 0 Å². The summed E-state index contributed by atoms with van der Waals surface area (Å²) in [6, 6.07) is 11.0. The van der Waals surface area contributed by atoms with E-state index in [0.717, 1.165) is 18.4 Å². The number of hydrogen-bond acceptors (Lipinski definition) is 6. The third-order valence-electron chi connectivity index (χ3n) is 4.89. The molecule has 1 aliphatic carbocycles. The molecule has 0 fully saturated rings. The highest BCUT2D eigenvalue weighted by Gasteiger charge is 2.23. The molecule has 2 aromatic carbocycles.